The number of rotatable bonds is 6. The predicted octanol–water partition coefficient (Wildman–Crippen LogP) is 2.43. The second-order valence-electron chi connectivity index (χ2n) is 5.43. The Kier molecular flexibility index (Phi) is 5.31. The molecular weight excluding hydrogens is 306 g/mol. The molecule has 4 N–H and O–H groups in total. The fraction of sp³-hybridized carbons (Fsp3) is 0.167. The lowest BCUT2D eigenvalue weighted by Crippen LogP contribution is -2.31. The zero-order chi connectivity index (χ0) is 17.7. The highest BCUT2D eigenvalue weighted by molar-refractivity contribution is 5.98. The molecule has 0 fully saturated rings. The number of primary amides is 1. The summed E-state index contributed by atoms with van der Waals surface area (Å²) in [5.74, 6) is -0.798. The number of amides is 2. The van der Waals surface area contributed by atoms with Gasteiger partial charge in [-0.05, 0) is 50.2 Å². The molecule has 0 aliphatic carbocycles. The fourth-order valence-electron chi connectivity index (χ4n) is 2.11. The van der Waals surface area contributed by atoms with E-state index in [1.165, 1.54) is 6.92 Å². The van der Waals surface area contributed by atoms with Crippen molar-refractivity contribution in [3.63, 3.8) is 0 Å². The first-order valence-corrected chi connectivity index (χ1v) is 7.45. The van der Waals surface area contributed by atoms with Gasteiger partial charge in [0.2, 0.25) is 11.8 Å². The van der Waals surface area contributed by atoms with Crippen molar-refractivity contribution < 1.29 is 14.4 Å². The van der Waals surface area contributed by atoms with Gasteiger partial charge in [-0.25, -0.2) is 0 Å². The third kappa shape index (κ3) is 4.42. The molecule has 0 aliphatic heterocycles. The lowest BCUT2D eigenvalue weighted by atomic mass is 10.1. The van der Waals surface area contributed by atoms with E-state index in [1.807, 2.05) is 0 Å². The van der Waals surface area contributed by atoms with Crippen molar-refractivity contribution in [2.24, 2.45) is 5.73 Å². The second kappa shape index (κ2) is 7.41. The number of nitrogens with two attached hydrogens (primary N) is 1. The van der Waals surface area contributed by atoms with Gasteiger partial charge in [-0.15, -0.1) is 0 Å². The van der Waals surface area contributed by atoms with Gasteiger partial charge < -0.3 is 16.4 Å². The second-order valence-corrected chi connectivity index (χ2v) is 5.43. The minimum absolute atomic E-state index is 0.0368. The van der Waals surface area contributed by atoms with Crippen molar-refractivity contribution in [2.75, 3.05) is 10.6 Å². The van der Waals surface area contributed by atoms with Gasteiger partial charge in [0, 0.05) is 22.5 Å². The number of benzene rings is 2. The Morgan fingerprint density at radius 2 is 1.62 bits per heavy atom. The van der Waals surface area contributed by atoms with Crippen molar-refractivity contribution in [1.29, 1.82) is 0 Å². The summed E-state index contributed by atoms with van der Waals surface area (Å²) in [4.78, 5) is 34.6. The van der Waals surface area contributed by atoms with Crippen molar-refractivity contribution in [3.8, 4) is 0 Å². The van der Waals surface area contributed by atoms with Crippen LogP contribution >= 0.6 is 0 Å². The van der Waals surface area contributed by atoms with E-state index < -0.39 is 11.9 Å². The normalized spacial score (nSPS) is 11.4. The fourth-order valence-corrected chi connectivity index (χ4v) is 2.11. The Balaban J connectivity index is 2.00. The Morgan fingerprint density at radius 3 is 2.21 bits per heavy atom. The van der Waals surface area contributed by atoms with Crippen LogP contribution in [0.4, 0.5) is 11.4 Å². The first kappa shape index (κ1) is 17.2. The van der Waals surface area contributed by atoms with Crippen LogP contribution in [0.3, 0.4) is 0 Å². The number of Topliss-reactive ketones (excluding diaryl/α,β-unsaturated/α-hetero) is 1. The van der Waals surface area contributed by atoms with Crippen LogP contribution in [-0.2, 0) is 4.79 Å². The summed E-state index contributed by atoms with van der Waals surface area (Å²) < 4.78 is 0. The summed E-state index contributed by atoms with van der Waals surface area (Å²) in [6.45, 7) is 3.21. The summed E-state index contributed by atoms with van der Waals surface area (Å²) in [6.07, 6.45) is 0. The molecule has 0 saturated carbocycles. The van der Waals surface area contributed by atoms with Gasteiger partial charge in [0.1, 0.15) is 6.04 Å². The first-order valence-electron chi connectivity index (χ1n) is 7.45. The number of ketones is 1. The Bertz CT molecular complexity index is 769. The molecule has 2 amide bonds. The highest BCUT2D eigenvalue weighted by atomic mass is 16.2. The number of hydrogen-bond acceptors (Lipinski definition) is 4. The minimum Gasteiger partial charge on any atom is -0.374 e. The SMILES string of the molecule is CC(=O)c1cccc(NC(C)C(=O)Nc2ccc(C(N)=O)cc2)c1. The molecule has 124 valence electrons. The van der Waals surface area contributed by atoms with E-state index in [-0.39, 0.29) is 11.7 Å². The molecule has 2 aromatic carbocycles. The van der Waals surface area contributed by atoms with Gasteiger partial charge in [-0.2, -0.15) is 0 Å². The maximum absolute atomic E-state index is 12.2. The molecule has 0 saturated heterocycles. The van der Waals surface area contributed by atoms with Crippen LogP contribution in [0.5, 0.6) is 0 Å². The number of hydrogen-bond donors (Lipinski definition) is 3. The van der Waals surface area contributed by atoms with E-state index in [0.717, 1.165) is 0 Å². The van der Waals surface area contributed by atoms with Gasteiger partial charge in [-0.1, -0.05) is 12.1 Å². The van der Waals surface area contributed by atoms with E-state index in [1.54, 1.807) is 55.5 Å². The molecule has 0 spiro atoms. The number of anilines is 2. The molecule has 2 aromatic rings. The van der Waals surface area contributed by atoms with Gasteiger partial charge in [0.15, 0.2) is 5.78 Å². The largest absolute Gasteiger partial charge is 0.374 e. The predicted molar refractivity (Wildman–Crippen MR) is 93.1 cm³/mol. The van der Waals surface area contributed by atoms with Crippen LogP contribution < -0.4 is 16.4 Å². The van der Waals surface area contributed by atoms with Crippen LogP contribution in [0.15, 0.2) is 48.5 Å². The van der Waals surface area contributed by atoms with Crippen molar-refractivity contribution in [1.82, 2.24) is 0 Å². The van der Waals surface area contributed by atoms with E-state index in [9.17, 15) is 14.4 Å². The van der Waals surface area contributed by atoms with Crippen molar-refractivity contribution in [3.05, 3.63) is 59.7 Å². The lowest BCUT2D eigenvalue weighted by molar-refractivity contribution is -0.116. The quantitative estimate of drug-likeness (QED) is 0.710. The average molecular weight is 325 g/mol. The molecule has 0 radical (unpaired) electrons. The maximum Gasteiger partial charge on any atom is 0.248 e. The molecule has 1 atom stereocenters. The molecule has 6 nitrogen and oxygen atoms in total. The molecule has 0 aliphatic rings. The molecule has 2 rings (SSSR count). The van der Waals surface area contributed by atoms with Gasteiger partial charge in [0.05, 0.1) is 0 Å². The van der Waals surface area contributed by atoms with Crippen LogP contribution in [0.1, 0.15) is 34.6 Å². The van der Waals surface area contributed by atoms with E-state index in [0.29, 0.717) is 22.5 Å². The standard InChI is InChI=1S/C18H19N3O3/c1-11(20-16-5-3-4-14(10-16)12(2)22)18(24)21-15-8-6-13(7-9-15)17(19)23/h3-11,20H,1-2H3,(H2,19,23)(H,21,24). The average Bonchev–Trinajstić information content (AvgIpc) is 2.55. The third-order valence-corrected chi connectivity index (χ3v) is 3.48. The monoisotopic (exact) mass is 325 g/mol. The molecule has 0 aromatic heterocycles. The van der Waals surface area contributed by atoms with E-state index in [4.69, 9.17) is 5.73 Å². The first-order chi connectivity index (χ1) is 11.4. The van der Waals surface area contributed by atoms with Gasteiger partial charge in [-0.3, -0.25) is 14.4 Å². The highest BCUT2D eigenvalue weighted by Crippen LogP contribution is 2.14. The third-order valence-electron chi connectivity index (χ3n) is 3.48. The van der Waals surface area contributed by atoms with Crippen molar-refractivity contribution in [2.45, 2.75) is 19.9 Å². The maximum atomic E-state index is 12.2. The number of carbonyl (C=O) groups excluding carboxylic acids is 3. The topological polar surface area (TPSA) is 101 Å². The molecule has 6 heteroatoms. The molecule has 24 heavy (non-hydrogen) atoms. The summed E-state index contributed by atoms with van der Waals surface area (Å²) in [6, 6.07) is 12.8. The van der Waals surface area contributed by atoms with Crippen LogP contribution in [0.2, 0.25) is 0 Å². The Hall–Kier alpha value is -3.15. The smallest absolute Gasteiger partial charge is 0.248 e. The van der Waals surface area contributed by atoms with Gasteiger partial charge in [0.25, 0.3) is 0 Å². The zero-order valence-corrected chi connectivity index (χ0v) is 13.5. The molecule has 0 bridgehead atoms. The summed E-state index contributed by atoms with van der Waals surface area (Å²) in [5.41, 5.74) is 7.38. The molecule has 0 heterocycles. The van der Waals surface area contributed by atoms with Crippen LogP contribution in [-0.4, -0.2) is 23.6 Å². The minimum atomic E-state index is -0.520. The highest BCUT2D eigenvalue weighted by Gasteiger charge is 2.13. The summed E-state index contributed by atoms with van der Waals surface area (Å²) in [7, 11) is 0. The number of nitrogens with one attached hydrogen (secondary N) is 2. The Morgan fingerprint density at radius 1 is 0.958 bits per heavy atom. The molecule has 1 unspecified atom stereocenters. The lowest BCUT2D eigenvalue weighted by Gasteiger charge is -2.16. The van der Waals surface area contributed by atoms with Crippen LogP contribution in [0, 0.1) is 0 Å². The van der Waals surface area contributed by atoms with Crippen molar-refractivity contribution >= 4 is 29.0 Å². The van der Waals surface area contributed by atoms with Gasteiger partial charge >= 0.3 is 0 Å². The summed E-state index contributed by atoms with van der Waals surface area (Å²) in [5, 5.41) is 5.79. The zero-order valence-electron chi connectivity index (χ0n) is 13.5. The van der Waals surface area contributed by atoms with Crippen LogP contribution in [0.25, 0.3) is 0 Å². The molecular formula is C18H19N3O3. The summed E-state index contributed by atoms with van der Waals surface area (Å²) >= 11 is 0. The van der Waals surface area contributed by atoms with E-state index in [2.05, 4.69) is 10.6 Å². The number of carbonyl (C=O) groups is 3. The van der Waals surface area contributed by atoms with E-state index >= 15 is 0 Å². The Labute approximate surface area is 140 Å².